The minimum absolute atomic E-state index is 0.0455. The van der Waals surface area contributed by atoms with E-state index in [1.54, 1.807) is 0 Å². The quantitative estimate of drug-likeness (QED) is 0.336. The number of nitrogens with zero attached hydrogens (tertiary/aromatic N) is 4. The second-order valence-electron chi connectivity index (χ2n) is 8.02. The van der Waals surface area contributed by atoms with Crippen LogP contribution in [0.5, 0.6) is 0 Å². The second-order valence-corrected chi connectivity index (χ2v) is 8.02. The lowest BCUT2D eigenvalue weighted by Gasteiger charge is -2.15. The van der Waals surface area contributed by atoms with Crippen molar-refractivity contribution in [3.8, 4) is 22.8 Å². The Morgan fingerprint density at radius 1 is 0.529 bits per heavy atom. The maximum absolute atomic E-state index is 10.2. The summed E-state index contributed by atoms with van der Waals surface area (Å²) < 4.78 is 0. The molecule has 174 valence electrons. The van der Waals surface area contributed by atoms with Crippen LogP contribution < -0.4 is 0 Å². The molecule has 4 rings (SSSR count). The molecule has 7 nitrogen and oxygen atoms in total. The van der Waals surface area contributed by atoms with E-state index in [4.69, 9.17) is 9.97 Å². The van der Waals surface area contributed by atoms with Crippen LogP contribution in [-0.4, -0.2) is 55.1 Å². The molecule has 0 amide bonds. The lowest BCUT2D eigenvalue weighted by atomic mass is 9.98. The Bertz CT molecular complexity index is 1230. The number of aromatic nitrogens is 4. The Morgan fingerprint density at radius 2 is 0.971 bits per heavy atom. The summed E-state index contributed by atoms with van der Waals surface area (Å²) in [6.07, 6.45) is 1.52. The Kier molecular flexibility index (Phi) is 8.04. The summed E-state index contributed by atoms with van der Waals surface area (Å²) in [6, 6.07) is 22.9. The van der Waals surface area contributed by atoms with E-state index in [9.17, 15) is 15.3 Å². The van der Waals surface area contributed by atoms with Crippen molar-refractivity contribution in [3.05, 3.63) is 95.6 Å². The minimum Gasteiger partial charge on any atom is -0.396 e. The van der Waals surface area contributed by atoms with Crippen LogP contribution in [0, 0.1) is 0 Å². The van der Waals surface area contributed by atoms with Crippen molar-refractivity contribution in [3.63, 3.8) is 0 Å². The molecule has 0 aliphatic carbocycles. The molecule has 0 spiro atoms. The third kappa shape index (κ3) is 5.88. The largest absolute Gasteiger partial charge is 0.396 e. The molecule has 1 atom stereocenters. The predicted molar refractivity (Wildman–Crippen MR) is 130 cm³/mol. The third-order valence-electron chi connectivity index (χ3n) is 5.55. The van der Waals surface area contributed by atoms with E-state index >= 15 is 0 Å². The molecule has 3 N–H and O–H groups in total. The molecule has 4 aromatic heterocycles. The fourth-order valence-corrected chi connectivity index (χ4v) is 3.82. The van der Waals surface area contributed by atoms with Crippen LogP contribution in [0.25, 0.3) is 22.8 Å². The van der Waals surface area contributed by atoms with Gasteiger partial charge in [-0.25, -0.2) is 0 Å². The molecule has 0 saturated heterocycles. The molecule has 0 saturated carbocycles. The van der Waals surface area contributed by atoms with Crippen LogP contribution in [0.1, 0.15) is 28.7 Å². The van der Waals surface area contributed by atoms with Gasteiger partial charge in [-0.2, -0.15) is 0 Å². The van der Waals surface area contributed by atoms with E-state index < -0.39 is 0 Å². The molecule has 0 aliphatic heterocycles. The first-order valence-electron chi connectivity index (χ1n) is 11.4. The summed E-state index contributed by atoms with van der Waals surface area (Å²) in [5, 5.41) is 28.5. The molecule has 0 fully saturated rings. The molecule has 0 radical (unpaired) electrons. The van der Waals surface area contributed by atoms with Crippen LogP contribution in [0.15, 0.2) is 72.8 Å². The maximum Gasteiger partial charge on any atom is 0.0889 e. The molecular formula is C27H28N4O3. The first kappa shape index (κ1) is 23.6. The van der Waals surface area contributed by atoms with Gasteiger partial charge < -0.3 is 15.3 Å². The van der Waals surface area contributed by atoms with Gasteiger partial charge in [0.05, 0.1) is 29.4 Å². The van der Waals surface area contributed by atoms with Gasteiger partial charge in [0.15, 0.2) is 0 Å². The normalized spacial score (nSPS) is 12.0. The standard InChI is InChI=1S/C27H28N4O3/c32-15-13-20-5-1-9-24(28-20)25-11-3-7-22(30-25)17-19(18-34)23-8-4-12-27(31-23)26-10-2-6-21(29-26)14-16-33/h1-12,19,32-34H,13-18H2. The lowest BCUT2D eigenvalue weighted by Crippen LogP contribution is -2.11. The SMILES string of the molecule is OCCc1cccc(-c2cccc(CC(CO)c3cccc(-c4cccc(CCO)n4)n3)n2)n1. The average Bonchev–Trinajstić information content (AvgIpc) is 2.88. The van der Waals surface area contributed by atoms with Gasteiger partial charge >= 0.3 is 0 Å². The van der Waals surface area contributed by atoms with E-state index in [0.29, 0.717) is 19.3 Å². The Morgan fingerprint density at radius 3 is 1.47 bits per heavy atom. The Labute approximate surface area is 198 Å². The minimum atomic E-state index is -0.225. The molecular weight excluding hydrogens is 428 g/mol. The smallest absolute Gasteiger partial charge is 0.0889 e. The van der Waals surface area contributed by atoms with Crippen molar-refractivity contribution in [1.29, 1.82) is 0 Å². The van der Waals surface area contributed by atoms with Crippen molar-refractivity contribution in [2.24, 2.45) is 0 Å². The van der Waals surface area contributed by atoms with Gasteiger partial charge in [0.1, 0.15) is 0 Å². The highest BCUT2D eigenvalue weighted by Gasteiger charge is 2.16. The summed E-state index contributed by atoms with van der Waals surface area (Å²) in [5.74, 6) is -0.225. The maximum atomic E-state index is 10.2. The zero-order chi connectivity index (χ0) is 23.8. The zero-order valence-corrected chi connectivity index (χ0v) is 18.9. The van der Waals surface area contributed by atoms with Crippen molar-refractivity contribution < 1.29 is 15.3 Å². The van der Waals surface area contributed by atoms with E-state index in [1.807, 2.05) is 72.8 Å². The van der Waals surface area contributed by atoms with Gasteiger partial charge in [-0.3, -0.25) is 19.9 Å². The summed E-state index contributed by atoms with van der Waals surface area (Å²) in [5.41, 5.74) is 6.19. The van der Waals surface area contributed by atoms with Gasteiger partial charge in [0, 0.05) is 61.2 Å². The van der Waals surface area contributed by atoms with E-state index in [2.05, 4.69) is 9.97 Å². The number of aliphatic hydroxyl groups excluding tert-OH is 3. The van der Waals surface area contributed by atoms with Gasteiger partial charge in [0.2, 0.25) is 0 Å². The molecule has 0 bridgehead atoms. The second kappa shape index (κ2) is 11.6. The first-order chi connectivity index (χ1) is 16.7. The highest BCUT2D eigenvalue weighted by atomic mass is 16.3. The van der Waals surface area contributed by atoms with Crippen LogP contribution in [0.3, 0.4) is 0 Å². The van der Waals surface area contributed by atoms with Gasteiger partial charge in [-0.15, -0.1) is 0 Å². The summed E-state index contributed by atoms with van der Waals surface area (Å²) in [7, 11) is 0. The highest BCUT2D eigenvalue weighted by Crippen LogP contribution is 2.23. The third-order valence-corrected chi connectivity index (χ3v) is 5.55. The van der Waals surface area contributed by atoms with Crippen molar-refractivity contribution in [2.75, 3.05) is 19.8 Å². The topological polar surface area (TPSA) is 112 Å². The number of pyridine rings is 4. The van der Waals surface area contributed by atoms with Crippen LogP contribution in [0.2, 0.25) is 0 Å². The van der Waals surface area contributed by atoms with Crippen molar-refractivity contribution in [2.45, 2.75) is 25.2 Å². The van der Waals surface area contributed by atoms with Gasteiger partial charge in [-0.1, -0.05) is 24.3 Å². The molecule has 34 heavy (non-hydrogen) atoms. The first-order valence-corrected chi connectivity index (χ1v) is 11.4. The molecule has 1 unspecified atom stereocenters. The Hall–Kier alpha value is -3.52. The van der Waals surface area contributed by atoms with E-state index in [0.717, 1.165) is 45.6 Å². The fourth-order valence-electron chi connectivity index (χ4n) is 3.82. The molecule has 4 heterocycles. The van der Waals surface area contributed by atoms with Crippen molar-refractivity contribution >= 4 is 0 Å². The van der Waals surface area contributed by atoms with Gasteiger partial charge in [0.25, 0.3) is 0 Å². The highest BCUT2D eigenvalue weighted by molar-refractivity contribution is 5.55. The molecule has 4 aromatic rings. The van der Waals surface area contributed by atoms with Crippen molar-refractivity contribution in [1.82, 2.24) is 19.9 Å². The number of rotatable bonds is 10. The summed E-state index contributed by atoms with van der Waals surface area (Å²) in [4.78, 5) is 18.7. The number of aliphatic hydroxyl groups is 3. The lowest BCUT2D eigenvalue weighted by molar-refractivity contribution is 0.261. The van der Waals surface area contributed by atoms with Crippen LogP contribution in [-0.2, 0) is 19.3 Å². The molecule has 7 heteroatoms. The summed E-state index contributed by atoms with van der Waals surface area (Å²) >= 11 is 0. The monoisotopic (exact) mass is 456 g/mol. The van der Waals surface area contributed by atoms with E-state index in [1.165, 1.54) is 0 Å². The van der Waals surface area contributed by atoms with Gasteiger partial charge in [-0.05, 0) is 48.5 Å². The summed E-state index contributed by atoms with van der Waals surface area (Å²) in [6.45, 7) is 0.0316. The number of hydrogen-bond donors (Lipinski definition) is 3. The van der Waals surface area contributed by atoms with Crippen LogP contribution in [0.4, 0.5) is 0 Å². The predicted octanol–water partition coefficient (Wildman–Crippen LogP) is 2.99. The molecule has 0 aromatic carbocycles. The Balaban J connectivity index is 1.56. The average molecular weight is 457 g/mol. The molecule has 0 aliphatic rings. The van der Waals surface area contributed by atoms with E-state index in [-0.39, 0.29) is 25.7 Å². The zero-order valence-electron chi connectivity index (χ0n) is 18.9. The van der Waals surface area contributed by atoms with Crippen LogP contribution >= 0.6 is 0 Å². The number of hydrogen-bond acceptors (Lipinski definition) is 7. The fraction of sp³-hybridized carbons (Fsp3) is 0.259.